The lowest BCUT2D eigenvalue weighted by Gasteiger charge is -2.19. The third-order valence-electron chi connectivity index (χ3n) is 2.08. The topological polar surface area (TPSA) is 61.8 Å². The number of para-hydroxylation sites is 1. The Balaban J connectivity index is 2.78. The second kappa shape index (κ2) is 7.13. The molecule has 106 valence electrons. The number of carbonyl (C=O) groups excluding carboxylic acids is 2. The molecule has 0 aliphatic rings. The molecule has 0 radical (unpaired) electrons. The van der Waals surface area contributed by atoms with Gasteiger partial charge in [0.25, 0.3) is 0 Å². The fraction of sp³-hybridized carbons (Fsp3) is 0.200. The smallest absolute Gasteiger partial charge is 0.411 e. The van der Waals surface area contributed by atoms with Crippen LogP contribution in [0.25, 0.3) is 0 Å². The monoisotopic (exact) mass is 276 g/mol. The largest absolute Gasteiger partial charge is 0.423 e. The van der Waals surface area contributed by atoms with E-state index in [-0.39, 0.29) is 11.1 Å². The lowest BCUT2D eigenvalue weighted by molar-refractivity contribution is -0.230. The van der Waals surface area contributed by atoms with Crippen molar-refractivity contribution in [3.8, 4) is 5.75 Å². The first-order valence-electron chi connectivity index (χ1n) is 5.85. The lowest BCUT2D eigenvalue weighted by atomic mass is 10.3. The SMILES string of the molecule is C=C(C)C(=O)OC(OC(=O)C(=C)C)Oc1ccccc1. The van der Waals surface area contributed by atoms with Crippen molar-refractivity contribution in [3.05, 3.63) is 54.6 Å². The average molecular weight is 276 g/mol. The molecule has 5 heteroatoms. The van der Waals surface area contributed by atoms with Gasteiger partial charge in [0.05, 0.1) is 0 Å². The molecule has 0 saturated carbocycles. The van der Waals surface area contributed by atoms with E-state index in [0.717, 1.165) is 0 Å². The van der Waals surface area contributed by atoms with Gasteiger partial charge in [-0.3, -0.25) is 0 Å². The molecule has 1 aromatic rings. The van der Waals surface area contributed by atoms with Gasteiger partial charge in [0, 0.05) is 11.1 Å². The second-order valence-electron chi connectivity index (χ2n) is 4.09. The zero-order valence-corrected chi connectivity index (χ0v) is 11.4. The van der Waals surface area contributed by atoms with Crippen LogP contribution in [0.2, 0.25) is 0 Å². The maximum atomic E-state index is 11.5. The first-order valence-corrected chi connectivity index (χ1v) is 5.85. The molecule has 0 fully saturated rings. The van der Waals surface area contributed by atoms with E-state index >= 15 is 0 Å². The van der Waals surface area contributed by atoms with Crippen molar-refractivity contribution < 1.29 is 23.8 Å². The van der Waals surface area contributed by atoms with Gasteiger partial charge in [-0.2, -0.15) is 0 Å². The van der Waals surface area contributed by atoms with Crippen LogP contribution in [0.1, 0.15) is 13.8 Å². The van der Waals surface area contributed by atoms with Gasteiger partial charge >= 0.3 is 18.4 Å². The standard InChI is InChI=1S/C15H16O5/c1-10(2)13(16)19-15(20-14(17)11(3)4)18-12-8-6-5-7-9-12/h5-9,15H,1,3H2,2,4H3. The van der Waals surface area contributed by atoms with E-state index in [4.69, 9.17) is 14.2 Å². The second-order valence-corrected chi connectivity index (χ2v) is 4.09. The van der Waals surface area contributed by atoms with Crippen molar-refractivity contribution >= 4 is 11.9 Å². The predicted octanol–water partition coefficient (Wildman–Crippen LogP) is 2.59. The maximum absolute atomic E-state index is 11.5. The van der Waals surface area contributed by atoms with Crippen molar-refractivity contribution in [1.29, 1.82) is 0 Å². The van der Waals surface area contributed by atoms with E-state index in [1.165, 1.54) is 13.8 Å². The summed E-state index contributed by atoms with van der Waals surface area (Å²) in [5.41, 5.74) is 0.330. The molecule has 0 N–H and O–H groups in total. The van der Waals surface area contributed by atoms with Crippen molar-refractivity contribution in [3.63, 3.8) is 0 Å². The van der Waals surface area contributed by atoms with Crippen LogP contribution in [0.15, 0.2) is 54.6 Å². The third-order valence-corrected chi connectivity index (χ3v) is 2.08. The highest BCUT2D eigenvalue weighted by molar-refractivity contribution is 5.88. The summed E-state index contributed by atoms with van der Waals surface area (Å²) in [7, 11) is 0. The molecule has 0 heterocycles. The minimum atomic E-state index is -1.49. The average Bonchev–Trinajstić information content (AvgIpc) is 2.39. The Hall–Kier alpha value is -2.56. The number of rotatable bonds is 6. The predicted molar refractivity (Wildman–Crippen MR) is 72.7 cm³/mol. The summed E-state index contributed by atoms with van der Waals surface area (Å²) in [6.45, 7) is 8.34. The molecule has 0 atom stereocenters. The van der Waals surface area contributed by atoms with Gasteiger partial charge in [-0.15, -0.1) is 0 Å². The highest BCUT2D eigenvalue weighted by atomic mass is 16.9. The molecular formula is C15H16O5. The van der Waals surface area contributed by atoms with Gasteiger partial charge in [0.15, 0.2) is 0 Å². The zero-order valence-electron chi connectivity index (χ0n) is 11.4. The highest BCUT2D eigenvalue weighted by Gasteiger charge is 2.21. The van der Waals surface area contributed by atoms with Crippen LogP contribution in [-0.2, 0) is 19.1 Å². The number of benzene rings is 1. The molecule has 0 bridgehead atoms. The first kappa shape index (κ1) is 15.5. The van der Waals surface area contributed by atoms with Crippen molar-refractivity contribution in [1.82, 2.24) is 0 Å². The molecule has 0 unspecified atom stereocenters. The molecule has 0 saturated heterocycles. The zero-order chi connectivity index (χ0) is 15.1. The molecular weight excluding hydrogens is 260 g/mol. The Kier molecular flexibility index (Phi) is 5.53. The number of carbonyl (C=O) groups is 2. The van der Waals surface area contributed by atoms with Crippen LogP contribution in [0.4, 0.5) is 0 Å². The summed E-state index contributed by atoms with van der Waals surface area (Å²) >= 11 is 0. The summed E-state index contributed by atoms with van der Waals surface area (Å²) in [4.78, 5) is 23.0. The van der Waals surface area contributed by atoms with Crippen LogP contribution in [0.5, 0.6) is 5.75 Å². The molecule has 0 aliphatic heterocycles. The molecule has 0 spiro atoms. The van der Waals surface area contributed by atoms with Crippen molar-refractivity contribution in [2.75, 3.05) is 0 Å². The van der Waals surface area contributed by atoms with Gasteiger partial charge in [-0.25, -0.2) is 9.59 Å². The summed E-state index contributed by atoms with van der Waals surface area (Å²) in [5.74, 6) is -1.05. The number of hydrogen-bond acceptors (Lipinski definition) is 5. The van der Waals surface area contributed by atoms with Gasteiger partial charge in [0.1, 0.15) is 5.75 Å². The quantitative estimate of drug-likeness (QED) is 0.454. The Morgan fingerprint density at radius 1 is 0.950 bits per heavy atom. The van der Waals surface area contributed by atoms with Crippen LogP contribution in [-0.4, -0.2) is 18.4 Å². The number of hydrogen-bond donors (Lipinski definition) is 0. The first-order chi connectivity index (χ1) is 9.40. The molecule has 0 aliphatic carbocycles. The summed E-state index contributed by atoms with van der Waals surface area (Å²) in [6, 6.07) is 8.52. The maximum Gasteiger partial charge on any atom is 0.411 e. The van der Waals surface area contributed by atoms with Gasteiger partial charge in [-0.05, 0) is 26.0 Å². The van der Waals surface area contributed by atoms with E-state index in [2.05, 4.69) is 13.2 Å². The third kappa shape index (κ3) is 4.97. The van der Waals surface area contributed by atoms with E-state index in [1.54, 1.807) is 30.3 Å². The van der Waals surface area contributed by atoms with Crippen LogP contribution in [0, 0.1) is 0 Å². The van der Waals surface area contributed by atoms with Crippen LogP contribution in [0.3, 0.4) is 0 Å². The summed E-state index contributed by atoms with van der Waals surface area (Å²) < 4.78 is 15.1. The van der Waals surface area contributed by atoms with Gasteiger partial charge < -0.3 is 14.2 Å². The summed E-state index contributed by atoms with van der Waals surface area (Å²) in [5, 5.41) is 0. The molecule has 1 rings (SSSR count). The summed E-state index contributed by atoms with van der Waals surface area (Å²) in [6.07, 6.45) is 0. The lowest BCUT2D eigenvalue weighted by Crippen LogP contribution is -2.30. The number of ether oxygens (including phenoxy) is 3. The van der Waals surface area contributed by atoms with E-state index in [9.17, 15) is 9.59 Å². The van der Waals surface area contributed by atoms with Crippen LogP contribution >= 0.6 is 0 Å². The van der Waals surface area contributed by atoms with Gasteiger partial charge in [-0.1, -0.05) is 31.4 Å². The normalized spacial score (nSPS) is 9.75. The molecule has 20 heavy (non-hydrogen) atoms. The van der Waals surface area contributed by atoms with Crippen molar-refractivity contribution in [2.24, 2.45) is 0 Å². The number of esters is 2. The molecule has 5 nitrogen and oxygen atoms in total. The Morgan fingerprint density at radius 2 is 1.40 bits per heavy atom. The fourth-order valence-electron chi connectivity index (χ4n) is 1.06. The molecule has 1 aromatic carbocycles. The minimum Gasteiger partial charge on any atom is -0.423 e. The van der Waals surface area contributed by atoms with E-state index < -0.39 is 18.4 Å². The Morgan fingerprint density at radius 3 is 1.80 bits per heavy atom. The van der Waals surface area contributed by atoms with E-state index in [1.807, 2.05) is 0 Å². The van der Waals surface area contributed by atoms with Gasteiger partial charge in [0.2, 0.25) is 0 Å². The van der Waals surface area contributed by atoms with E-state index in [0.29, 0.717) is 5.75 Å². The molecule has 0 amide bonds. The molecule has 0 aromatic heterocycles. The Labute approximate surface area is 117 Å². The highest BCUT2D eigenvalue weighted by Crippen LogP contribution is 2.14. The van der Waals surface area contributed by atoms with Crippen molar-refractivity contribution in [2.45, 2.75) is 20.3 Å². The fourth-order valence-corrected chi connectivity index (χ4v) is 1.06. The minimum absolute atomic E-state index is 0.165. The van der Waals surface area contributed by atoms with Crippen LogP contribution < -0.4 is 4.74 Å². The Bertz CT molecular complexity index is 490.